The lowest BCUT2D eigenvalue weighted by molar-refractivity contribution is 0.220. The summed E-state index contributed by atoms with van der Waals surface area (Å²) in [4.78, 5) is 0. The van der Waals surface area contributed by atoms with Crippen molar-refractivity contribution in [3.05, 3.63) is 0 Å². The number of hydrogen-bond acceptors (Lipinski definition) is 0. The molecule has 0 unspecified atom stereocenters. The highest BCUT2D eigenvalue weighted by atomic mass is 79.9. The van der Waals surface area contributed by atoms with E-state index in [1.165, 1.54) is 25.7 Å². The van der Waals surface area contributed by atoms with Crippen molar-refractivity contribution in [1.82, 2.24) is 0 Å². The van der Waals surface area contributed by atoms with Crippen molar-refractivity contribution in [2.24, 2.45) is 11.8 Å². The van der Waals surface area contributed by atoms with Gasteiger partial charge in [0, 0.05) is 8.65 Å². The smallest absolute Gasteiger partial charge is 0.0229 e. The first-order chi connectivity index (χ1) is 6.21. The molecular weight excluding hydrogens is 304 g/mol. The molecule has 0 aromatic carbocycles. The van der Waals surface area contributed by atoms with Crippen molar-refractivity contribution in [2.45, 2.75) is 62.0 Å². The zero-order valence-corrected chi connectivity index (χ0v) is 12.9. The van der Waals surface area contributed by atoms with Gasteiger partial charge < -0.3 is 0 Å². The molecule has 1 fully saturated rings. The summed E-state index contributed by atoms with van der Waals surface area (Å²) < 4.78 is 0.656. The molecule has 0 nitrogen and oxygen atoms in total. The van der Waals surface area contributed by atoms with Crippen molar-refractivity contribution in [2.75, 3.05) is 0 Å². The molecule has 0 bridgehead atoms. The van der Waals surface area contributed by atoms with Crippen molar-refractivity contribution in [1.29, 1.82) is 0 Å². The average Bonchev–Trinajstić information content (AvgIpc) is 2.01. The third-order valence-electron chi connectivity index (χ3n) is 3.67. The van der Waals surface area contributed by atoms with Crippen LogP contribution in [0.3, 0.4) is 0 Å². The number of rotatable bonds is 2. The molecule has 0 N–H and O–H groups in total. The molecule has 1 aliphatic carbocycles. The first-order valence-electron chi connectivity index (χ1n) is 5.59. The van der Waals surface area contributed by atoms with Crippen LogP contribution in [-0.4, -0.2) is 8.65 Å². The second kappa shape index (κ2) is 4.45. The van der Waals surface area contributed by atoms with E-state index in [-0.39, 0.29) is 0 Å². The summed E-state index contributed by atoms with van der Waals surface area (Å²) in [6.45, 7) is 9.21. The lowest BCUT2D eigenvalue weighted by atomic mass is 9.73. The van der Waals surface area contributed by atoms with Gasteiger partial charge in [-0.15, -0.1) is 0 Å². The SMILES string of the molecule is CC(C)(Br)C1CCC(C(C)(C)Br)CC1. The van der Waals surface area contributed by atoms with Crippen LogP contribution in [0.5, 0.6) is 0 Å². The number of hydrogen-bond donors (Lipinski definition) is 0. The molecule has 1 aliphatic rings. The van der Waals surface area contributed by atoms with E-state index in [4.69, 9.17) is 0 Å². The van der Waals surface area contributed by atoms with E-state index < -0.39 is 0 Å². The molecule has 0 aliphatic heterocycles. The molecular formula is C12H22Br2. The van der Waals surface area contributed by atoms with E-state index in [2.05, 4.69) is 59.6 Å². The highest BCUT2D eigenvalue weighted by Gasteiger charge is 2.35. The van der Waals surface area contributed by atoms with Gasteiger partial charge >= 0.3 is 0 Å². The fraction of sp³-hybridized carbons (Fsp3) is 1.00. The van der Waals surface area contributed by atoms with E-state index in [9.17, 15) is 0 Å². The van der Waals surface area contributed by atoms with Gasteiger partial charge in [0.2, 0.25) is 0 Å². The van der Waals surface area contributed by atoms with Gasteiger partial charge in [0.05, 0.1) is 0 Å². The lowest BCUT2D eigenvalue weighted by Crippen LogP contribution is -2.34. The van der Waals surface area contributed by atoms with Crippen LogP contribution in [-0.2, 0) is 0 Å². The summed E-state index contributed by atoms with van der Waals surface area (Å²) in [7, 11) is 0. The molecule has 14 heavy (non-hydrogen) atoms. The molecule has 2 heteroatoms. The lowest BCUT2D eigenvalue weighted by Gasteiger charge is -2.39. The largest absolute Gasteiger partial charge is 0.0856 e. The van der Waals surface area contributed by atoms with Gasteiger partial charge in [-0.1, -0.05) is 31.9 Å². The Labute approximate surface area is 105 Å². The first kappa shape index (κ1) is 13.0. The summed E-state index contributed by atoms with van der Waals surface area (Å²) in [5.74, 6) is 1.71. The van der Waals surface area contributed by atoms with E-state index in [1.54, 1.807) is 0 Å². The minimum Gasteiger partial charge on any atom is -0.0856 e. The summed E-state index contributed by atoms with van der Waals surface area (Å²) in [5, 5.41) is 0. The zero-order valence-electron chi connectivity index (χ0n) is 9.74. The molecule has 1 rings (SSSR count). The summed E-state index contributed by atoms with van der Waals surface area (Å²) >= 11 is 7.60. The van der Waals surface area contributed by atoms with Crippen LogP contribution in [0.1, 0.15) is 53.4 Å². The first-order valence-corrected chi connectivity index (χ1v) is 7.17. The van der Waals surface area contributed by atoms with Crippen LogP contribution < -0.4 is 0 Å². The van der Waals surface area contributed by atoms with E-state index >= 15 is 0 Å². The molecule has 0 atom stereocenters. The van der Waals surface area contributed by atoms with Crippen LogP contribution >= 0.6 is 31.9 Å². The molecule has 0 aromatic heterocycles. The van der Waals surface area contributed by atoms with Gasteiger partial charge in [-0.05, 0) is 65.2 Å². The molecule has 0 aromatic rings. The predicted octanol–water partition coefficient (Wildman–Crippen LogP) is 5.14. The molecule has 0 amide bonds. The topological polar surface area (TPSA) is 0 Å². The number of halogens is 2. The molecule has 84 valence electrons. The second-order valence-electron chi connectivity index (χ2n) is 5.68. The highest BCUT2D eigenvalue weighted by Crippen LogP contribution is 2.44. The Morgan fingerprint density at radius 3 is 1.07 bits per heavy atom. The second-order valence-corrected chi connectivity index (χ2v) is 9.77. The molecule has 0 spiro atoms. The third-order valence-corrected chi connectivity index (χ3v) is 4.96. The highest BCUT2D eigenvalue weighted by molar-refractivity contribution is 9.10. The Morgan fingerprint density at radius 2 is 0.929 bits per heavy atom. The van der Waals surface area contributed by atoms with Crippen molar-refractivity contribution < 1.29 is 0 Å². The van der Waals surface area contributed by atoms with Crippen molar-refractivity contribution in [3.63, 3.8) is 0 Å². The summed E-state index contributed by atoms with van der Waals surface area (Å²) in [6, 6.07) is 0. The molecule has 0 heterocycles. The normalized spacial score (nSPS) is 30.4. The van der Waals surface area contributed by atoms with Gasteiger partial charge in [-0.25, -0.2) is 0 Å². The molecule has 1 saturated carbocycles. The Balaban J connectivity index is 2.47. The maximum absolute atomic E-state index is 3.80. The van der Waals surface area contributed by atoms with Gasteiger partial charge in [0.15, 0.2) is 0 Å². The monoisotopic (exact) mass is 324 g/mol. The Morgan fingerprint density at radius 1 is 0.714 bits per heavy atom. The van der Waals surface area contributed by atoms with Gasteiger partial charge in [-0.3, -0.25) is 0 Å². The van der Waals surface area contributed by atoms with Gasteiger partial charge in [0.25, 0.3) is 0 Å². The standard InChI is InChI=1S/C12H22Br2/c1-11(2,13)9-5-7-10(8-6-9)12(3,4)14/h9-10H,5-8H2,1-4H3. The van der Waals surface area contributed by atoms with E-state index in [0.717, 1.165) is 11.8 Å². The van der Waals surface area contributed by atoms with Crippen LogP contribution in [0, 0.1) is 11.8 Å². The summed E-state index contributed by atoms with van der Waals surface area (Å²) in [5.41, 5.74) is 0. The minimum absolute atomic E-state index is 0.328. The number of alkyl halides is 2. The summed E-state index contributed by atoms with van der Waals surface area (Å²) in [6.07, 6.45) is 5.49. The molecule has 0 radical (unpaired) electrons. The predicted molar refractivity (Wildman–Crippen MR) is 71.5 cm³/mol. The van der Waals surface area contributed by atoms with Crippen molar-refractivity contribution in [3.8, 4) is 0 Å². The zero-order chi connectivity index (χ0) is 11.0. The van der Waals surface area contributed by atoms with Crippen LogP contribution in [0.15, 0.2) is 0 Å². The Kier molecular flexibility index (Phi) is 4.14. The maximum Gasteiger partial charge on any atom is 0.0229 e. The van der Waals surface area contributed by atoms with Crippen molar-refractivity contribution >= 4 is 31.9 Å². The fourth-order valence-corrected chi connectivity index (χ4v) is 3.38. The Bertz CT molecular complexity index is 155. The maximum atomic E-state index is 3.80. The third kappa shape index (κ3) is 3.52. The average molecular weight is 326 g/mol. The fourth-order valence-electron chi connectivity index (χ4n) is 2.47. The van der Waals surface area contributed by atoms with E-state index in [1.807, 2.05) is 0 Å². The quantitative estimate of drug-likeness (QED) is 0.617. The van der Waals surface area contributed by atoms with E-state index in [0.29, 0.717) is 8.65 Å². The Hall–Kier alpha value is 0.960. The minimum atomic E-state index is 0.328. The van der Waals surface area contributed by atoms with Crippen LogP contribution in [0.2, 0.25) is 0 Å². The van der Waals surface area contributed by atoms with Crippen LogP contribution in [0.4, 0.5) is 0 Å². The van der Waals surface area contributed by atoms with Gasteiger partial charge in [0.1, 0.15) is 0 Å². The van der Waals surface area contributed by atoms with Gasteiger partial charge in [-0.2, -0.15) is 0 Å². The van der Waals surface area contributed by atoms with Crippen LogP contribution in [0.25, 0.3) is 0 Å². The molecule has 0 saturated heterocycles.